The van der Waals surface area contributed by atoms with E-state index in [-0.39, 0.29) is 18.4 Å². The van der Waals surface area contributed by atoms with Crippen molar-refractivity contribution in [1.82, 2.24) is 5.32 Å². The molecule has 0 aliphatic carbocycles. The maximum absolute atomic E-state index is 12.1. The van der Waals surface area contributed by atoms with E-state index in [2.05, 4.69) is 10.6 Å². The first-order valence-electron chi connectivity index (χ1n) is 9.69. The fourth-order valence-electron chi connectivity index (χ4n) is 2.66. The number of carbonyl (C=O) groups excluding carboxylic acids is 2. The van der Waals surface area contributed by atoms with Gasteiger partial charge in [-0.3, -0.25) is 9.59 Å². The number of ether oxygens (including phenoxy) is 2. The fraction of sp³-hybridized carbons (Fsp3) is 0.167. The Bertz CT molecular complexity index is 981. The summed E-state index contributed by atoms with van der Waals surface area (Å²) in [5, 5.41) is 5.46. The maximum atomic E-state index is 12.1. The highest BCUT2D eigenvalue weighted by Gasteiger charge is 2.07. The van der Waals surface area contributed by atoms with Crippen LogP contribution in [0.25, 0.3) is 0 Å². The number of rotatable bonds is 8. The van der Waals surface area contributed by atoms with E-state index in [4.69, 9.17) is 9.47 Å². The summed E-state index contributed by atoms with van der Waals surface area (Å²) in [6.07, 6.45) is 0. The van der Waals surface area contributed by atoms with Crippen molar-refractivity contribution in [3.05, 3.63) is 83.9 Å². The maximum Gasteiger partial charge on any atom is 0.262 e. The van der Waals surface area contributed by atoms with Crippen molar-refractivity contribution in [2.75, 3.05) is 18.5 Å². The molecule has 0 saturated carbocycles. The second kappa shape index (κ2) is 10.1. The Labute approximate surface area is 175 Å². The van der Waals surface area contributed by atoms with E-state index in [1.54, 1.807) is 48.5 Å². The van der Waals surface area contributed by atoms with Crippen molar-refractivity contribution in [3.8, 4) is 17.2 Å². The number of carbonyl (C=O) groups is 2. The third-order valence-electron chi connectivity index (χ3n) is 4.22. The van der Waals surface area contributed by atoms with Gasteiger partial charge in [0.2, 0.25) is 0 Å². The van der Waals surface area contributed by atoms with Crippen LogP contribution in [0.15, 0.2) is 72.8 Å². The number of anilines is 1. The van der Waals surface area contributed by atoms with Crippen molar-refractivity contribution < 1.29 is 19.1 Å². The molecule has 0 saturated heterocycles. The van der Waals surface area contributed by atoms with E-state index in [9.17, 15) is 9.59 Å². The Balaban J connectivity index is 1.47. The van der Waals surface area contributed by atoms with Crippen LogP contribution in [0.2, 0.25) is 0 Å². The van der Waals surface area contributed by atoms with Gasteiger partial charge < -0.3 is 20.1 Å². The van der Waals surface area contributed by atoms with Gasteiger partial charge in [-0.25, -0.2) is 0 Å². The van der Waals surface area contributed by atoms with Gasteiger partial charge in [-0.15, -0.1) is 0 Å². The summed E-state index contributed by atoms with van der Waals surface area (Å²) in [6, 6.07) is 21.5. The average molecular weight is 404 g/mol. The molecular formula is C24H24N2O4. The van der Waals surface area contributed by atoms with Gasteiger partial charge in [-0.05, 0) is 74.5 Å². The smallest absolute Gasteiger partial charge is 0.262 e. The second-order valence-corrected chi connectivity index (χ2v) is 6.66. The zero-order chi connectivity index (χ0) is 21.3. The highest BCUT2D eigenvalue weighted by Crippen LogP contribution is 2.24. The molecule has 0 unspecified atom stereocenters. The molecule has 6 nitrogen and oxygen atoms in total. The van der Waals surface area contributed by atoms with Crippen LogP contribution in [-0.4, -0.2) is 25.0 Å². The number of aryl methyl sites for hydroxylation is 1. The molecule has 0 bridgehead atoms. The summed E-state index contributed by atoms with van der Waals surface area (Å²) < 4.78 is 11.3. The van der Waals surface area contributed by atoms with E-state index < -0.39 is 0 Å². The average Bonchev–Trinajstić information content (AvgIpc) is 2.75. The van der Waals surface area contributed by atoms with Crippen molar-refractivity contribution in [2.24, 2.45) is 0 Å². The minimum atomic E-state index is -0.291. The summed E-state index contributed by atoms with van der Waals surface area (Å²) in [4.78, 5) is 23.9. The summed E-state index contributed by atoms with van der Waals surface area (Å²) >= 11 is 0. The molecule has 6 heteroatoms. The summed E-state index contributed by atoms with van der Waals surface area (Å²) in [5.74, 6) is 1.57. The molecule has 0 aromatic heterocycles. The van der Waals surface area contributed by atoms with E-state index >= 15 is 0 Å². The highest BCUT2D eigenvalue weighted by atomic mass is 16.5. The minimum absolute atomic E-state index is 0.129. The molecule has 3 aromatic rings. The molecule has 3 rings (SSSR count). The summed E-state index contributed by atoms with van der Waals surface area (Å²) in [6.45, 7) is 4.31. The van der Waals surface area contributed by atoms with Crippen molar-refractivity contribution >= 4 is 17.5 Å². The third kappa shape index (κ3) is 6.10. The zero-order valence-electron chi connectivity index (χ0n) is 17.0. The van der Waals surface area contributed by atoms with Crippen molar-refractivity contribution in [1.29, 1.82) is 0 Å². The van der Waals surface area contributed by atoms with Crippen molar-refractivity contribution in [2.45, 2.75) is 13.8 Å². The zero-order valence-corrected chi connectivity index (χ0v) is 17.0. The van der Waals surface area contributed by atoms with Crippen LogP contribution in [0.1, 0.15) is 22.8 Å². The number of hydrogen-bond donors (Lipinski definition) is 2. The third-order valence-corrected chi connectivity index (χ3v) is 4.22. The van der Waals surface area contributed by atoms with Crippen molar-refractivity contribution in [3.63, 3.8) is 0 Å². The van der Waals surface area contributed by atoms with Crippen LogP contribution in [0.3, 0.4) is 0 Å². The lowest BCUT2D eigenvalue weighted by molar-refractivity contribution is -0.118. The van der Waals surface area contributed by atoms with Gasteiger partial charge in [-0.1, -0.05) is 17.7 Å². The predicted octanol–water partition coefficient (Wildman–Crippen LogP) is 4.55. The van der Waals surface area contributed by atoms with Gasteiger partial charge >= 0.3 is 0 Å². The lowest BCUT2D eigenvalue weighted by Gasteiger charge is -2.10. The quantitative estimate of drug-likeness (QED) is 0.577. The molecule has 0 aliphatic heterocycles. The van der Waals surface area contributed by atoms with E-state index in [0.29, 0.717) is 29.3 Å². The molecule has 0 aliphatic rings. The molecule has 3 aromatic carbocycles. The fourth-order valence-corrected chi connectivity index (χ4v) is 2.66. The van der Waals surface area contributed by atoms with Gasteiger partial charge in [0.05, 0.1) is 0 Å². The first-order chi connectivity index (χ1) is 14.5. The monoisotopic (exact) mass is 404 g/mol. The number of nitrogens with one attached hydrogen (secondary N) is 2. The first-order valence-corrected chi connectivity index (χ1v) is 9.69. The Morgan fingerprint density at radius 1 is 0.800 bits per heavy atom. The van der Waals surface area contributed by atoms with Gasteiger partial charge in [0.25, 0.3) is 11.8 Å². The molecule has 154 valence electrons. The normalized spacial score (nSPS) is 10.2. The van der Waals surface area contributed by atoms with E-state index in [0.717, 1.165) is 5.75 Å². The van der Waals surface area contributed by atoms with Crippen LogP contribution in [0, 0.1) is 6.92 Å². The standard InChI is InChI=1S/C24H24N2O4/c1-3-25-24(28)18-6-8-19(9-7-18)26-23(27)16-29-20-12-14-22(15-13-20)30-21-10-4-17(2)5-11-21/h4-15H,3,16H2,1-2H3,(H,25,28)(H,26,27). The molecule has 2 amide bonds. The van der Waals surface area contributed by atoms with Gasteiger partial charge in [0.1, 0.15) is 17.2 Å². The Kier molecular flexibility index (Phi) is 7.05. The Morgan fingerprint density at radius 3 is 1.97 bits per heavy atom. The van der Waals surface area contributed by atoms with Crippen LogP contribution >= 0.6 is 0 Å². The van der Waals surface area contributed by atoms with Gasteiger partial charge in [-0.2, -0.15) is 0 Å². The largest absolute Gasteiger partial charge is 0.484 e. The number of hydrogen-bond acceptors (Lipinski definition) is 4. The highest BCUT2D eigenvalue weighted by molar-refractivity contribution is 5.96. The SMILES string of the molecule is CCNC(=O)c1ccc(NC(=O)COc2ccc(Oc3ccc(C)cc3)cc2)cc1. The molecule has 0 spiro atoms. The molecule has 2 N–H and O–H groups in total. The topological polar surface area (TPSA) is 76.7 Å². The van der Waals surface area contributed by atoms with Gasteiger partial charge in [0, 0.05) is 17.8 Å². The van der Waals surface area contributed by atoms with E-state index in [1.165, 1.54) is 5.56 Å². The summed E-state index contributed by atoms with van der Waals surface area (Å²) in [5.41, 5.74) is 2.31. The first kappa shape index (κ1) is 20.9. The molecular weight excluding hydrogens is 380 g/mol. The van der Waals surface area contributed by atoms with Gasteiger partial charge in [0.15, 0.2) is 6.61 Å². The lowest BCUT2D eigenvalue weighted by atomic mass is 10.2. The minimum Gasteiger partial charge on any atom is -0.484 e. The molecule has 0 atom stereocenters. The summed E-state index contributed by atoms with van der Waals surface area (Å²) in [7, 11) is 0. The van der Waals surface area contributed by atoms with Crippen LogP contribution < -0.4 is 20.1 Å². The molecule has 0 fully saturated rings. The lowest BCUT2D eigenvalue weighted by Crippen LogP contribution is -2.23. The molecule has 0 radical (unpaired) electrons. The van der Waals surface area contributed by atoms with Crippen LogP contribution in [0.4, 0.5) is 5.69 Å². The number of benzene rings is 3. The van der Waals surface area contributed by atoms with Crippen LogP contribution in [-0.2, 0) is 4.79 Å². The van der Waals surface area contributed by atoms with E-state index in [1.807, 2.05) is 38.1 Å². The number of amides is 2. The molecule has 30 heavy (non-hydrogen) atoms. The predicted molar refractivity (Wildman–Crippen MR) is 116 cm³/mol. The Morgan fingerprint density at radius 2 is 1.37 bits per heavy atom. The second-order valence-electron chi connectivity index (χ2n) is 6.66. The van der Waals surface area contributed by atoms with Crippen LogP contribution in [0.5, 0.6) is 17.2 Å². The Hall–Kier alpha value is -3.80. The molecule has 0 heterocycles.